The molecule has 8 heteroatoms. The lowest BCUT2D eigenvalue weighted by atomic mass is 10.1. The fourth-order valence-corrected chi connectivity index (χ4v) is 6.02. The molecule has 0 bridgehead atoms. The minimum absolute atomic E-state index is 0.0173. The number of aromatic nitrogens is 1. The number of nitrogens with zero attached hydrogens (tertiary/aromatic N) is 1. The SMILES string of the molecule is COc1ccc(S(=O)(=O)c2sc3ncccc3c2-c2cccc(F)c2)cc1F. The summed E-state index contributed by atoms with van der Waals surface area (Å²) in [6.45, 7) is 0. The van der Waals surface area contributed by atoms with Crippen molar-refractivity contribution < 1.29 is 21.9 Å². The molecule has 0 fully saturated rings. The molecule has 0 atom stereocenters. The maximum absolute atomic E-state index is 14.1. The van der Waals surface area contributed by atoms with Gasteiger partial charge in [-0.3, -0.25) is 0 Å². The number of benzene rings is 2. The van der Waals surface area contributed by atoms with Gasteiger partial charge in [0.1, 0.15) is 14.9 Å². The Morgan fingerprint density at radius 3 is 2.57 bits per heavy atom. The smallest absolute Gasteiger partial charge is 0.216 e. The van der Waals surface area contributed by atoms with Gasteiger partial charge in [0.05, 0.1) is 12.0 Å². The molecule has 0 spiro atoms. The second-order valence-corrected chi connectivity index (χ2v) is 9.07. The molecular weight excluding hydrogens is 404 g/mol. The van der Waals surface area contributed by atoms with E-state index in [-0.39, 0.29) is 14.9 Å². The van der Waals surface area contributed by atoms with Gasteiger partial charge in [-0.15, -0.1) is 11.3 Å². The maximum atomic E-state index is 14.1. The molecule has 2 aromatic carbocycles. The van der Waals surface area contributed by atoms with Gasteiger partial charge in [-0.1, -0.05) is 12.1 Å². The molecule has 142 valence electrons. The van der Waals surface area contributed by atoms with E-state index in [1.165, 1.54) is 37.4 Å². The quantitative estimate of drug-likeness (QED) is 0.465. The molecule has 4 aromatic rings. The molecule has 4 nitrogen and oxygen atoms in total. The zero-order chi connectivity index (χ0) is 19.9. The number of halogens is 2. The summed E-state index contributed by atoms with van der Waals surface area (Å²) in [6.07, 6.45) is 1.55. The Labute approximate surface area is 164 Å². The van der Waals surface area contributed by atoms with Gasteiger partial charge in [0.25, 0.3) is 0 Å². The third kappa shape index (κ3) is 3.04. The van der Waals surface area contributed by atoms with Crippen LogP contribution < -0.4 is 4.74 Å². The van der Waals surface area contributed by atoms with Crippen molar-refractivity contribution in [2.24, 2.45) is 0 Å². The number of methoxy groups -OCH3 is 1. The second kappa shape index (κ2) is 6.96. The van der Waals surface area contributed by atoms with E-state index >= 15 is 0 Å². The van der Waals surface area contributed by atoms with Crippen LogP contribution in [0.25, 0.3) is 21.3 Å². The summed E-state index contributed by atoms with van der Waals surface area (Å²) in [4.78, 5) is 4.51. The van der Waals surface area contributed by atoms with Gasteiger partial charge in [0, 0.05) is 17.1 Å². The van der Waals surface area contributed by atoms with E-state index in [0.29, 0.717) is 21.3 Å². The van der Waals surface area contributed by atoms with Crippen LogP contribution in [0.2, 0.25) is 0 Å². The highest BCUT2D eigenvalue weighted by molar-refractivity contribution is 7.93. The Balaban J connectivity index is 2.01. The van der Waals surface area contributed by atoms with Crippen LogP contribution in [0.15, 0.2) is 69.9 Å². The third-order valence-corrected chi connectivity index (χ3v) is 7.61. The standard InChI is InChI=1S/C20H13F2NO3S2/c1-26-17-8-7-14(11-16(17)22)28(24,25)20-18(12-4-2-5-13(21)10-12)15-6-3-9-23-19(15)27-20/h2-11H,1H3. The lowest BCUT2D eigenvalue weighted by Crippen LogP contribution is -2.03. The van der Waals surface area contributed by atoms with Gasteiger partial charge in [-0.2, -0.15) is 0 Å². The molecule has 2 heterocycles. The minimum atomic E-state index is -4.08. The number of hydrogen-bond donors (Lipinski definition) is 0. The fraction of sp³-hybridized carbons (Fsp3) is 0.0500. The van der Waals surface area contributed by atoms with E-state index in [4.69, 9.17) is 4.74 Å². The molecule has 0 aliphatic carbocycles. The van der Waals surface area contributed by atoms with Gasteiger partial charge < -0.3 is 4.74 Å². The average Bonchev–Trinajstić information content (AvgIpc) is 3.08. The van der Waals surface area contributed by atoms with Crippen LogP contribution in [0.3, 0.4) is 0 Å². The zero-order valence-corrected chi connectivity index (χ0v) is 16.2. The van der Waals surface area contributed by atoms with Crippen LogP contribution in [0, 0.1) is 11.6 Å². The number of sulfone groups is 1. The van der Waals surface area contributed by atoms with Gasteiger partial charge in [0.2, 0.25) is 9.84 Å². The van der Waals surface area contributed by atoms with Gasteiger partial charge in [-0.05, 0) is 48.0 Å². The molecule has 2 aromatic heterocycles. The van der Waals surface area contributed by atoms with E-state index in [9.17, 15) is 17.2 Å². The number of thiophene rings is 1. The average molecular weight is 417 g/mol. The number of fused-ring (bicyclic) bond motifs is 1. The van der Waals surface area contributed by atoms with E-state index in [2.05, 4.69) is 4.98 Å². The van der Waals surface area contributed by atoms with Gasteiger partial charge in [-0.25, -0.2) is 22.2 Å². The first-order chi connectivity index (χ1) is 13.4. The lowest BCUT2D eigenvalue weighted by molar-refractivity contribution is 0.385. The maximum Gasteiger partial charge on any atom is 0.216 e. The number of rotatable bonds is 4. The first-order valence-corrected chi connectivity index (χ1v) is 10.4. The van der Waals surface area contributed by atoms with E-state index in [1.54, 1.807) is 24.4 Å². The van der Waals surface area contributed by atoms with Crippen LogP contribution in [0.4, 0.5) is 8.78 Å². The topological polar surface area (TPSA) is 56.3 Å². The molecule has 0 amide bonds. The predicted octanol–water partition coefficient (Wildman–Crippen LogP) is 5.08. The summed E-state index contributed by atoms with van der Waals surface area (Å²) in [5, 5.41) is 0.589. The van der Waals surface area contributed by atoms with Crippen molar-refractivity contribution in [3.05, 3.63) is 72.4 Å². The summed E-state index contributed by atoms with van der Waals surface area (Å²) in [6, 6.07) is 12.6. The lowest BCUT2D eigenvalue weighted by Gasteiger charge is -2.08. The Hall–Kier alpha value is -2.84. The van der Waals surface area contributed by atoms with Crippen molar-refractivity contribution in [2.75, 3.05) is 7.11 Å². The van der Waals surface area contributed by atoms with E-state index in [1.807, 2.05) is 0 Å². The Morgan fingerprint density at radius 2 is 1.86 bits per heavy atom. The van der Waals surface area contributed by atoms with Crippen molar-refractivity contribution in [1.29, 1.82) is 0 Å². The molecule has 0 aliphatic rings. The molecular formula is C20H13F2NO3S2. The monoisotopic (exact) mass is 417 g/mol. The molecule has 0 aliphatic heterocycles. The van der Waals surface area contributed by atoms with Gasteiger partial charge in [0.15, 0.2) is 11.6 Å². The zero-order valence-electron chi connectivity index (χ0n) is 14.5. The summed E-state index contributed by atoms with van der Waals surface area (Å²) >= 11 is 0.967. The second-order valence-electron chi connectivity index (χ2n) is 5.93. The van der Waals surface area contributed by atoms with Crippen LogP contribution in [-0.2, 0) is 9.84 Å². The third-order valence-electron chi connectivity index (χ3n) is 4.22. The molecule has 0 unspecified atom stereocenters. The van der Waals surface area contributed by atoms with E-state index < -0.39 is 21.5 Å². The van der Waals surface area contributed by atoms with Crippen molar-refractivity contribution in [3.8, 4) is 16.9 Å². The molecule has 0 radical (unpaired) electrons. The summed E-state index contributed by atoms with van der Waals surface area (Å²) < 4.78 is 59.4. The summed E-state index contributed by atoms with van der Waals surface area (Å²) in [5.41, 5.74) is 0.760. The Morgan fingerprint density at radius 1 is 1.04 bits per heavy atom. The van der Waals surface area contributed by atoms with Gasteiger partial charge >= 0.3 is 0 Å². The van der Waals surface area contributed by atoms with Crippen LogP contribution in [0.5, 0.6) is 5.75 Å². The molecule has 4 rings (SSSR count). The van der Waals surface area contributed by atoms with Crippen molar-refractivity contribution in [2.45, 2.75) is 9.10 Å². The highest BCUT2D eigenvalue weighted by atomic mass is 32.2. The van der Waals surface area contributed by atoms with E-state index in [0.717, 1.165) is 17.4 Å². The first kappa shape index (κ1) is 18.5. The van der Waals surface area contributed by atoms with Crippen molar-refractivity contribution in [1.82, 2.24) is 4.98 Å². The number of ether oxygens (including phenoxy) is 1. The number of pyridine rings is 1. The molecule has 0 saturated heterocycles. The largest absolute Gasteiger partial charge is 0.494 e. The summed E-state index contributed by atoms with van der Waals surface area (Å²) in [7, 11) is -2.78. The van der Waals surface area contributed by atoms with Crippen LogP contribution >= 0.6 is 11.3 Å². The van der Waals surface area contributed by atoms with Crippen molar-refractivity contribution in [3.63, 3.8) is 0 Å². The first-order valence-electron chi connectivity index (χ1n) is 8.14. The minimum Gasteiger partial charge on any atom is -0.494 e. The molecule has 28 heavy (non-hydrogen) atoms. The number of hydrogen-bond acceptors (Lipinski definition) is 5. The summed E-state index contributed by atoms with van der Waals surface area (Å²) in [5.74, 6) is -1.32. The predicted molar refractivity (Wildman–Crippen MR) is 103 cm³/mol. The molecule has 0 saturated carbocycles. The van der Waals surface area contributed by atoms with Crippen LogP contribution in [0.1, 0.15) is 0 Å². The Kier molecular flexibility index (Phi) is 4.60. The highest BCUT2D eigenvalue weighted by Crippen LogP contribution is 2.43. The Bertz CT molecular complexity index is 1300. The fourth-order valence-electron chi connectivity index (χ4n) is 2.94. The normalized spacial score (nSPS) is 11.7. The van der Waals surface area contributed by atoms with Crippen molar-refractivity contribution >= 4 is 31.4 Å². The highest BCUT2D eigenvalue weighted by Gasteiger charge is 2.28. The molecule has 0 N–H and O–H groups in total. The van der Waals surface area contributed by atoms with Crippen LogP contribution in [-0.4, -0.2) is 20.5 Å².